The van der Waals surface area contributed by atoms with Crippen molar-refractivity contribution in [3.63, 3.8) is 0 Å². The Hall–Kier alpha value is -7.49. The molecular weight excluding hydrogens is 679 g/mol. The van der Waals surface area contributed by atoms with Crippen molar-refractivity contribution in [2.24, 2.45) is 0 Å². The SMILES string of the molecule is c1ccc(N(c2ccc(-c3ccccc3N(c3ccccc3)c3cccc4ncccc34)cc2)c2ccc3ccccc3c2-c2cccc3ccccc23)cc1. The molecule has 0 spiro atoms. The fraction of sp³-hybridized carbons (Fsp3) is 0. The lowest BCUT2D eigenvalue weighted by atomic mass is 9.91. The molecule has 0 bridgehead atoms. The Labute approximate surface area is 327 Å². The van der Waals surface area contributed by atoms with Gasteiger partial charge >= 0.3 is 0 Å². The third-order valence-corrected chi connectivity index (χ3v) is 10.7. The summed E-state index contributed by atoms with van der Waals surface area (Å²) in [4.78, 5) is 9.45. The number of nitrogens with zero attached hydrogens (tertiary/aromatic N) is 3. The van der Waals surface area contributed by atoms with Gasteiger partial charge in [0.1, 0.15) is 0 Å². The van der Waals surface area contributed by atoms with E-state index in [2.05, 4.69) is 222 Å². The lowest BCUT2D eigenvalue weighted by Gasteiger charge is -2.30. The molecular formula is C53H37N3. The molecule has 264 valence electrons. The lowest BCUT2D eigenvalue weighted by Crippen LogP contribution is -2.12. The van der Waals surface area contributed by atoms with E-state index in [4.69, 9.17) is 4.98 Å². The maximum Gasteiger partial charge on any atom is 0.0723 e. The predicted molar refractivity (Wildman–Crippen MR) is 237 cm³/mol. The molecule has 0 radical (unpaired) electrons. The van der Waals surface area contributed by atoms with Gasteiger partial charge in [0.15, 0.2) is 0 Å². The lowest BCUT2D eigenvalue weighted by molar-refractivity contribution is 1.28. The maximum atomic E-state index is 4.69. The first kappa shape index (κ1) is 33.1. The first-order valence-corrected chi connectivity index (χ1v) is 19.1. The van der Waals surface area contributed by atoms with Crippen LogP contribution in [0.3, 0.4) is 0 Å². The minimum atomic E-state index is 0.963. The van der Waals surface area contributed by atoms with Gasteiger partial charge in [-0.3, -0.25) is 4.98 Å². The van der Waals surface area contributed by atoms with Crippen molar-refractivity contribution in [2.45, 2.75) is 0 Å². The van der Waals surface area contributed by atoms with Crippen molar-refractivity contribution in [2.75, 3.05) is 9.80 Å². The largest absolute Gasteiger partial charge is 0.310 e. The van der Waals surface area contributed by atoms with Gasteiger partial charge in [-0.2, -0.15) is 0 Å². The van der Waals surface area contributed by atoms with Crippen LogP contribution >= 0.6 is 0 Å². The Balaban J connectivity index is 1.14. The Morgan fingerprint density at radius 1 is 0.304 bits per heavy atom. The third-order valence-electron chi connectivity index (χ3n) is 10.7. The van der Waals surface area contributed by atoms with E-state index in [9.17, 15) is 0 Å². The monoisotopic (exact) mass is 715 g/mol. The molecule has 0 N–H and O–H groups in total. The van der Waals surface area contributed by atoms with E-state index in [0.717, 1.165) is 56.2 Å². The molecule has 10 aromatic rings. The van der Waals surface area contributed by atoms with Gasteiger partial charge in [0.25, 0.3) is 0 Å². The first-order valence-electron chi connectivity index (χ1n) is 19.1. The second-order valence-electron chi connectivity index (χ2n) is 14.0. The Bertz CT molecular complexity index is 2960. The van der Waals surface area contributed by atoms with E-state index in [1.807, 2.05) is 12.3 Å². The average molecular weight is 716 g/mol. The van der Waals surface area contributed by atoms with Crippen LogP contribution in [0, 0.1) is 0 Å². The number of rotatable bonds is 8. The maximum absolute atomic E-state index is 4.69. The van der Waals surface area contributed by atoms with Gasteiger partial charge in [-0.25, -0.2) is 0 Å². The van der Waals surface area contributed by atoms with Crippen LogP contribution < -0.4 is 9.80 Å². The number of fused-ring (bicyclic) bond motifs is 3. The van der Waals surface area contributed by atoms with Gasteiger partial charge in [0.05, 0.1) is 22.6 Å². The molecule has 10 rings (SSSR count). The van der Waals surface area contributed by atoms with Crippen LogP contribution in [0.4, 0.5) is 34.1 Å². The molecule has 0 fully saturated rings. The molecule has 0 aliphatic heterocycles. The number of aromatic nitrogens is 1. The molecule has 0 saturated heterocycles. The summed E-state index contributed by atoms with van der Waals surface area (Å²) in [7, 11) is 0. The zero-order valence-electron chi connectivity index (χ0n) is 30.7. The number of pyridine rings is 1. The van der Waals surface area contributed by atoms with Gasteiger partial charge in [-0.05, 0) is 105 Å². The molecule has 0 aliphatic rings. The molecule has 3 nitrogen and oxygen atoms in total. The highest BCUT2D eigenvalue weighted by molar-refractivity contribution is 6.11. The van der Waals surface area contributed by atoms with E-state index in [1.54, 1.807) is 0 Å². The number of benzene rings is 9. The van der Waals surface area contributed by atoms with Crippen molar-refractivity contribution in [1.82, 2.24) is 4.98 Å². The molecule has 0 saturated carbocycles. The molecule has 0 atom stereocenters. The van der Waals surface area contributed by atoms with E-state index in [1.165, 1.54) is 32.7 Å². The van der Waals surface area contributed by atoms with E-state index < -0.39 is 0 Å². The second-order valence-corrected chi connectivity index (χ2v) is 14.0. The number of hydrogen-bond donors (Lipinski definition) is 0. The molecule has 3 heteroatoms. The number of anilines is 6. The van der Waals surface area contributed by atoms with Gasteiger partial charge in [-0.1, -0.05) is 146 Å². The molecule has 56 heavy (non-hydrogen) atoms. The summed E-state index contributed by atoms with van der Waals surface area (Å²) >= 11 is 0. The van der Waals surface area contributed by atoms with E-state index >= 15 is 0 Å². The normalized spacial score (nSPS) is 11.2. The van der Waals surface area contributed by atoms with Crippen LogP contribution in [-0.4, -0.2) is 4.98 Å². The summed E-state index contributed by atoms with van der Waals surface area (Å²) in [5.74, 6) is 0. The first-order chi connectivity index (χ1) is 27.8. The summed E-state index contributed by atoms with van der Waals surface area (Å²) in [5.41, 5.74) is 12.2. The Morgan fingerprint density at radius 2 is 0.857 bits per heavy atom. The topological polar surface area (TPSA) is 19.4 Å². The van der Waals surface area contributed by atoms with Crippen molar-refractivity contribution < 1.29 is 0 Å². The fourth-order valence-corrected chi connectivity index (χ4v) is 8.15. The van der Waals surface area contributed by atoms with Gasteiger partial charge in [0, 0.05) is 39.8 Å². The Morgan fingerprint density at radius 3 is 1.64 bits per heavy atom. The van der Waals surface area contributed by atoms with Crippen LogP contribution in [0.1, 0.15) is 0 Å². The van der Waals surface area contributed by atoms with Gasteiger partial charge in [-0.15, -0.1) is 0 Å². The van der Waals surface area contributed by atoms with Crippen molar-refractivity contribution in [1.29, 1.82) is 0 Å². The fourth-order valence-electron chi connectivity index (χ4n) is 8.15. The third kappa shape index (κ3) is 5.92. The number of para-hydroxylation sites is 3. The van der Waals surface area contributed by atoms with Crippen LogP contribution in [0.15, 0.2) is 225 Å². The summed E-state index contributed by atoms with van der Waals surface area (Å²) in [6.45, 7) is 0. The highest BCUT2D eigenvalue weighted by atomic mass is 15.2. The molecule has 0 aliphatic carbocycles. The molecule has 1 aromatic heterocycles. The van der Waals surface area contributed by atoms with Crippen LogP contribution in [0.25, 0.3) is 54.7 Å². The smallest absolute Gasteiger partial charge is 0.0723 e. The summed E-state index contributed by atoms with van der Waals surface area (Å²) in [6, 6.07) is 78.2. The Kier molecular flexibility index (Phi) is 8.51. The van der Waals surface area contributed by atoms with Crippen LogP contribution in [0.2, 0.25) is 0 Å². The number of hydrogen-bond acceptors (Lipinski definition) is 3. The predicted octanol–water partition coefficient (Wildman–Crippen LogP) is 14.8. The summed E-state index contributed by atoms with van der Waals surface area (Å²) < 4.78 is 0. The molecule has 1 heterocycles. The minimum absolute atomic E-state index is 0.963. The quantitative estimate of drug-likeness (QED) is 0.156. The van der Waals surface area contributed by atoms with Gasteiger partial charge < -0.3 is 9.80 Å². The summed E-state index contributed by atoms with van der Waals surface area (Å²) in [6.07, 6.45) is 1.86. The summed E-state index contributed by atoms with van der Waals surface area (Å²) in [5, 5.41) is 5.99. The van der Waals surface area contributed by atoms with Crippen LogP contribution in [0.5, 0.6) is 0 Å². The zero-order chi connectivity index (χ0) is 37.3. The average Bonchev–Trinajstić information content (AvgIpc) is 3.28. The highest BCUT2D eigenvalue weighted by Crippen LogP contribution is 2.47. The standard InChI is InChI=1S/C53H37N3/c1-3-19-41(20-4-1)55(52-36-33-39-17-8-10-25-46(39)53(52)47-26-13-18-38-16-7-9-23-44(38)47)43-34-31-40(32-35-43)45-24-11-12-29-50(45)56(42-21-5-2-6-22-42)51-30-14-28-49-48(51)27-15-37-54-49/h1-37H. The minimum Gasteiger partial charge on any atom is -0.310 e. The zero-order valence-corrected chi connectivity index (χ0v) is 30.7. The second kappa shape index (κ2) is 14.4. The molecule has 9 aromatic carbocycles. The van der Waals surface area contributed by atoms with Crippen molar-refractivity contribution in [3.8, 4) is 22.3 Å². The van der Waals surface area contributed by atoms with E-state index in [-0.39, 0.29) is 0 Å². The van der Waals surface area contributed by atoms with Crippen molar-refractivity contribution in [3.05, 3.63) is 225 Å². The molecule has 0 unspecified atom stereocenters. The van der Waals surface area contributed by atoms with E-state index in [0.29, 0.717) is 0 Å². The highest BCUT2D eigenvalue weighted by Gasteiger charge is 2.22. The molecule has 0 amide bonds. The van der Waals surface area contributed by atoms with Gasteiger partial charge in [0.2, 0.25) is 0 Å². The van der Waals surface area contributed by atoms with Crippen molar-refractivity contribution >= 4 is 66.6 Å². The van der Waals surface area contributed by atoms with Crippen LogP contribution in [-0.2, 0) is 0 Å².